The molecule has 120 valence electrons. The molecule has 0 aliphatic heterocycles. The van der Waals surface area contributed by atoms with Gasteiger partial charge in [0.15, 0.2) is 0 Å². The summed E-state index contributed by atoms with van der Waals surface area (Å²) in [6.45, 7) is 4.21. The molecule has 0 N–H and O–H groups in total. The van der Waals surface area contributed by atoms with Gasteiger partial charge in [-0.3, -0.25) is 0 Å². The summed E-state index contributed by atoms with van der Waals surface area (Å²) in [4.78, 5) is 0. The minimum atomic E-state index is 0.874. The third-order valence-corrected chi connectivity index (χ3v) is 3.72. The zero-order valence-corrected chi connectivity index (χ0v) is 14.3. The maximum Gasteiger partial charge on any atom is 0.121 e. The first-order valence-electron chi connectivity index (χ1n) is 7.85. The summed E-state index contributed by atoms with van der Waals surface area (Å²) in [5.74, 6) is 1.79. The molecule has 2 aromatic rings. The van der Waals surface area contributed by atoms with Gasteiger partial charge in [0, 0.05) is 0 Å². The number of aryl methyl sites for hydroxylation is 1. The van der Waals surface area contributed by atoms with E-state index in [0.29, 0.717) is 0 Å². The minimum Gasteiger partial charge on any atom is -0.497 e. The minimum absolute atomic E-state index is 0.874. The van der Waals surface area contributed by atoms with Crippen molar-refractivity contribution in [2.45, 2.75) is 20.3 Å². The Balaban J connectivity index is 2.25. The highest BCUT2D eigenvalue weighted by Crippen LogP contribution is 2.23. The van der Waals surface area contributed by atoms with Crippen molar-refractivity contribution in [3.8, 4) is 11.5 Å². The quantitative estimate of drug-likeness (QED) is 0.654. The van der Waals surface area contributed by atoms with Crippen molar-refractivity contribution < 1.29 is 9.47 Å². The van der Waals surface area contributed by atoms with E-state index in [1.54, 1.807) is 14.2 Å². The Bertz CT molecular complexity index is 694. The lowest BCUT2D eigenvalue weighted by molar-refractivity contribution is 0.411. The summed E-state index contributed by atoms with van der Waals surface area (Å²) in [6.07, 6.45) is 7.52. The van der Waals surface area contributed by atoms with Crippen LogP contribution >= 0.6 is 0 Å². The van der Waals surface area contributed by atoms with Crippen molar-refractivity contribution in [3.63, 3.8) is 0 Å². The highest BCUT2D eigenvalue weighted by molar-refractivity contribution is 5.79. The lowest BCUT2D eigenvalue weighted by Gasteiger charge is -2.06. The van der Waals surface area contributed by atoms with E-state index in [-0.39, 0.29) is 0 Å². The molecule has 0 bridgehead atoms. The predicted molar refractivity (Wildman–Crippen MR) is 98.0 cm³/mol. The van der Waals surface area contributed by atoms with Gasteiger partial charge >= 0.3 is 0 Å². The number of ether oxygens (including phenoxy) is 2. The van der Waals surface area contributed by atoms with Crippen LogP contribution in [0.3, 0.4) is 0 Å². The van der Waals surface area contributed by atoms with Gasteiger partial charge in [-0.25, -0.2) is 0 Å². The van der Waals surface area contributed by atoms with Gasteiger partial charge in [-0.05, 0) is 59.9 Å². The standard InChI is InChI=1S/C21H24O2/c1-5-6-18(19-10-12-20(22-3)13-11-19)9-7-17-8-14-21(23-4)16(2)15-17/h6-15H,5H2,1-4H3. The predicted octanol–water partition coefficient (Wildman–Crippen LogP) is 5.52. The normalized spacial score (nSPS) is 11.7. The first kappa shape index (κ1) is 16.9. The van der Waals surface area contributed by atoms with Crippen LogP contribution in [-0.4, -0.2) is 14.2 Å². The Morgan fingerprint density at radius 3 is 2.30 bits per heavy atom. The SMILES string of the molecule is CCC=C(C=Cc1ccc(OC)c(C)c1)c1ccc(OC)cc1. The molecule has 0 amide bonds. The fourth-order valence-electron chi connectivity index (χ4n) is 2.48. The Labute approximate surface area is 139 Å². The summed E-state index contributed by atoms with van der Waals surface area (Å²) >= 11 is 0. The third-order valence-electron chi connectivity index (χ3n) is 3.72. The van der Waals surface area contributed by atoms with Crippen LogP contribution < -0.4 is 9.47 Å². The van der Waals surface area contributed by atoms with Crippen LogP contribution in [0.15, 0.2) is 54.6 Å². The Kier molecular flexibility index (Phi) is 6.04. The molecule has 0 atom stereocenters. The largest absolute Gasteiger partial charge is 0.497 e. The molecular formula is C21H24O2. The van der Waals surface area contributed by atoms with Crippen LogP contribution in [-0.2, 0) is 0 Å². The smallest absolute Gasteiger partial charge is 0.121 e. The molecule has 0 unspecified atom stereocenters. The van der Waals surface area contributed by atoms with Crippen molar-refractivity contribution in [3.05, 3.63) is 71.3 Å². The summed E-state index contributed by atoms with van der Waals surface area (Å²) in [6, 6.07) is 14.4. The topological polar surface area (TPSA) is 18.5 Å². The van der Waals surface area contributed by atoms with Gasteiger partial charge < -0.3 is 9.47 Å². The number of benzene rings is 2. The first-order valence-corrected chi connectivity index (χ1v) is 7.85. The van der Waals surface area contributed by atoms with Crippen LogP contribution in [0.2, 0.25) is 0 Å². The lowest BCUT2D eigenvalue weighted by Crippen LogP contribution is -1.87. The van der Waals surface area contributed by atoms with Gasteiger partial charge in [-0.2, -0.15) is 0 Å². The molecule has 0 spiro atoms. The highest BCUT2D eigenvalue weighted by Gasteiger charge is 2.00. The van der Waals surface area contributed by atoms with Crippen LogP contribution in [0.1, 0.15) is 30.0 Å². The van der Waals surface area contributed by atoms with E-state index in [1.165, 1.54) is 16.7 Å². The number of rotatable bonds is 6. The number of hydrogen-bond acceptors (Lipinski definition) is 2. The molecule has 0 heterocycles. The molecule has 2 nitrogen and oxygen atoms in total. The zero-order valence-electron chi connectivity index (χ0n) is 14.3. The molecular weight excluding hydrogens is 284 g/mol. The van der Waals surface area contributed by atoms with Crippen molar-refractivity contribution in [2.75, 3.05) is 14.2 Å². The fraction of sp³-hybridized carbons (Fsp3) is 0.238. The zero-order chi connectivity index (χ0) is 16.7. The van der Waals surface area contributed by atoms with E-state index in [4.69, 9.17) is 9.47 Å². The van der Waals surface area contributed by atoms with Gasteiger partial charge in [-0.15, -0.1) is 0 Å². The van der Waals surface area contributed by atoms with Crippen LogP contribution in [0, 0.1) is 6.92 Å². The van der Waals surface area contributed by atoms with Crippen LogP contribution in [0.5, 0.6) is 11.5 Å². The van der Waals surface area contributed by atoms with Gasteiger partial charge in [0.25, 0.3) is 0 Å². The average Bonchev–Trinajstić information content (AvgIpc) is 2.59. The van der Waals surface area contributed by atoms with E-state index in [9.17, 15) is 0 Å². The van der Waals surface area contributed by atoms with E-state index >= 15 is 0 Å². The third kappa shape index (κ3) is 4.49. The second-order valence-corrected chi connectivity index (χ2v) is 5.36. The molecule has 0 aliphatic carbocycles. The average molecular weight is 308 g/mol. The number of allylic oxidation sites excluding steroid dienone is 3. The van der Waals surface area contributed by atoms with Crippen molar-refractivity contribution in [1.82, 2.24) is 0 Å². The summed E-state index contributed by atoms with van der Waals surface area (Å²) in [5.41, 5.74) is 4.71. The monoisotopic (exact) mass is 308 g/mol. The number of methoxy groups -OCH3 is 2. The first-order chi connectivity index (χ1) is 11.2. The number of hydrogen-bond donors (Lipinski definition) is 0. The summed E-state index contributed by atoms with van der Waals surface area (Å²) < 4.78 is 10.5. The molecule has 2 aromatic carbocycles. The molecule has 2 rings (SSSR count). The fourth-order valence-corrected chi connectivity index (χ4v) is 2.48. The maximum atomic E-state index is 5.31. The van der Waals surface area contributed by atoms with Crippen LogP contribution in [0.4, 0.5) is 0 Å². The van der Waals surface area contributed by atoms with E-state index in [0.717, 1.165) is 23.5 Å². The second kappa shape index (κ2) is 8.23. The van der Waals surface area contributed by atoms with E-state index in [2.05, 4.69) is 56.3 Å². The molecule has 23 heavy (non-hydrogen) atoms. The molecule has 0 saturated heterocycles. The van der Waals surface area contributed by atoms with Crippen molar-refractivity contribution in [2.24, 2.45) is 0 Å². The molecule has 0 aliphatic rings. The molecule has 0 saturated carbocycles. The van der Waals surface area contributed by atoms with Gasteiger partial charge in [0.1, 0.15) is 11.5 Å². The Morgan fingerprint density at radius 2 is 1.74 bits per heavy atom. The van der Waals surface area contributed by atoms with Crippen LogP contribution in [0.25, 0.3) is 11.6 Å². The van der Waals surface area contributed by atoms with Gasteiger partial charge in [0.2, 0.25) is 0 Å². The van der Waals surface area contributed by atoms with Crippen molar-refractivity contribution in [1.29, 1.82) is 0 Å². The molecule has 0 fully saturated rings. The van der Waals surface area contributed by atoms with E-state index in [1.807, 2.05) is 18.2 Å². The second-order valence-electron chi connectivity index (χ2n) is 5.36. The summed E-state index contributed by atoms with van der Waals surface area (Å²) in [5, 5.41) is 0. The maximum absolute atomic E-state index is 5.31. The highest BCUT2D eigenvalue weighted by atomic mass is 16.5. The van der Waals surface area contributed by atoms with E-state index < -0.39 is 0 Å². The lowest BCUT2D eigenvalue weighted by atomic mass is 10.0. The molecule has 0 radical (unpaired) electrons. The molecule has 2 heteroatoms. The Hall–Kier alpha value is -2.48. The summed E-state index contributed by atoms with van der Waals surface area (Å²) in [7, 11) is 3.38. The van der Waals surface area contributed by atoms with Crippen molar-refractivity contribution >= 4 is 11.6 Å². The van der Waals surface area contributed by atoms with Gasteiger partial charge in [0.05, 0.1) is 14.2 Å². The Morgan fingerprint density at radius 1 is 1.00 bits per heavy atom. The van der Waals surface area contributed by atoms with Gasteiger partial charge in [-0.1, -0.05) is 43.4 Å². The molecule has 0 aromatic heterocycles.